The summed E-state index contributed by atoms with van der Waals surface area (Å²) < 4.78 is 15.8. The summed E-state index contributed by atoms with van der Waals surface area (Å²) in [6, 6.07) is 13.2. The molecular formula is C16H16N2O4S. The van der Waals surface area contributed by atoms with E-state index in [4.69, 9.17) is 0 Å². The van der Waals surface area contributed by atoms with Gasteiger partial charge >= 0.3 is 6.09 Å². The van der Waals surface area contributed by atoms with Crippen molar-refractivity contribution in [2.75, 3.05) is 24.0 Å². The molecule has 0 aliphatic heterocycles. The molecule has 0 saturated heterocycles. The van der Waals surface area contributed by atoms with Gasteiger partial charge in [-0.3, -0.25) is 14.3 Å². The number of benzene rings is 2. The van der Waals surface area contributed by atoms with Gasteiger partial charge in [0.1, 0.15) is 0 Å². The minimum atomic E-state index is -1.07. The highest BCUT2D eigenvalue weighted by Gasteiger charge is 2.07. The number of rotatable bonds is 4. The minimum Gasteiger partial charge on any atom is -0.453 e. The molecule has 2 N–H and O–H groups in total. The third kappa shape index (κ3) is 4.65. The number of nitrogens with one attached hydrogen (secondary N) is 2. The molecule has 0 bridgehead atoms. The zero-order valence-corrected chi connectivity index (χ0v) is 13.5. The van der Waals surface area contributed by atoms with Gasteiger partial charge in [0, 0.05) is 38.9 Å². The summed E-state index contributed by atoms with van der Waals surface area (Å²) in [5.74, 6) is -0.271. The number of anilines is 2. The first-order valence-corrected chi connectivity index (χ1v) is 8.25. The first-order chi connectivity index (χ1) is 11.0. The smallest absolute Gasteiger partial charge is 0.411 e. The van der Waals surface area contributed by atoms with Gasteiger partial charge in [0.25, 0.3) is 5.91 Å². The van der Waals surface area contributed by atoms with Gasteiger partial charge in [-0.05, 0) is 48.5 Å². The second-order valence-corrected chi connectivity index (χ2v) is 6.01. The van der Waals surface area contributed by atoms with E-state index < -0.39 is 16.9 Å². The summed E-state index contributed by atoms with van der Waals surface area (Å²) in [6.07, 6.45) is 1.02. The number of hydrogen-bond donors (Lipinski definition) is 2. The standard InChI is InChI=1S/C16H16N2O4S/c1-22-16(20)18-13-7-5-12(6-8-13)17-15(19)11-3-9-14(10-4-11)23(2)21/h3-10H,1-2H3,(H,17,19)(H,18,20)/t23-/m1/s1. The average Bonchev–Trinajstić information content (AvgIpc) is 2.56. The molecule has 0 saturated carbocycles. The van der Waals surface area contributed by atoms with Crippen LogP contribution >= 0.6 is 0 Å². The van der Waals surface area contributed by atoms with Gasteiger partial charge in [-0.25, -0.2) is 4.79 Å². The Morgan fingerprint density at radius 3 is 1.91 bits per heavy atom. The maximum Gasteiger partial charge on any atom is 0.411 e. The van der Waals surface area contributed by atoms with Crippen LogP contribution in [-0.2, 0) is 15.5 Å². The Balaban J connectivity index is 2.02. The number of hydrogen-bond acceptors (Lipinski definition) is 4. The SMILES string of the molecule is COC(=O)Nc1ccc(NC(=O)c2ccc([S@@](C)=O)cc2)cc1. The molecule has 0 spiro atoms. The second kappa shape index (κ2) is 7.55. The molecule has 0 aromatic heterocycles. The maximum absolute atomic E-state index is 12.1. The van der Waals surface area contributed by atoms with Crippen molar-refractivity contribution in [2.45, 2.75) is 4.90 Å². The first-order valence-electron chi connectivity index (χ1n) is 6.69. The lowest BCUT2D eigenvalue weighted by Gasteiger charge is -2.07. The van der Waals surface area contributed by atoms with Crippen molar-refractivity contribution in [1.29, 1.82) is 0 Å². The lowest BCUT2D eigenvalue weighted by atomic mass is 10.2. The first kappa shape index (κ1) is 16.7. The zero-order valence-electron chi connectivity index (χ0n) is 12.7. The van der Waals surface area contributed by atoms with E-state index in [0.29, 0.717) is 21.8 Å². The van der Waals surface area contributed by atoms with Crippen LogP contribution in [0.3, 0.4) is 0 Å². The molecule has 0 fully saturated rings. The van der Waals surface area contributed by atoms with Crippen LogP contribution < -0.4 is 10.6 Å². The molecule has 0 radical (unpaired) electrons. The van der Waals surface area contributed by atoms with Gasteiger partial charge in [-0.2, -0.15) is 0 Å². The highest BCUT2D eigenvalue weighted by molar-refractivity contribution is 7.84. The van der Waals surface area contributed by atoms with Crippen molar-refractivity contribution in [1.82, 2.24) is 0 Å². The van der Waals surface area contributed by atoms with E-state index in [2.05, 4.69) is 15.4 Å². The maximum atomic E-state index is 12.1. The highest BCUT2D eigenvalue weighted by Crippen LogP contribution is 2.15. The van der Waals surface area contributed by atoms with Crippen molar-refractivity contribution in [3.8, 4) is 0 Å². The molecular weight excluding hydrogens is 316 g/mol. The normalized spacial score (nSPS) is 11.4. The molecule has 2 aromatic carbocycles. The van der Waals surface area contributed by atoms with Crippen molar-refractivity contribution in [3.63, 3.8) is 0 Å². The number of ether oxygens (including phenoxy) is 1. The summed E-state index contributed by atoms with van der Waals surface area (Å²) in [4.78, 5) is 23.9. The molecule has 0 heterocycles. The van der Waals surface area contributed by atoms with Crippen molar-refractivity contribution in [2.24, 2.45) is 0 Å². The monoisotopic (exact) mass is 332 g/mol. The fourth-order valence-electron chi connectivity index (χ4n) is 1.81. The van der Waals surface area contributed by atoms with E-state index >= 15 is 0 Å². The predicted octanol–water partition coefficient (Wildman–Crippen LogP) is 2.85. The minimum absolute atomic E-state index is 0.271. The molecule has 1 atom stereocenters. The van der Waals surface area contributed by atoms with E-state index in [9.17, 15) is 13.8 Å². The summed E-state index contributed by atoms with van der Waals surface area (Å²) in [7, 11) is 0.208. The molecule has 120 valence electrons. The predicted molar refractivity (Wildman–Crippen MR) is 89.2 cm³/mol. The third-order valence-corrected chi connectivity index (χ3v) is 3.96. The van der Waals surface area contributed by atoms with Crippen LogP contribution in [0.4, 0.5) is 16.2 Å². The molecule has 23 heavy (non-hydrogen) atoms. The van der Waals surface area contributed by atoms with Crippen molar-refractivity contribution >= 4 is 34.2 Å². The molecule has 0 unspecified atom stereocenters. The van der Waals surface area contributed by atoms with Crippen LogP contribution in [0.25, 0.3) is 0 Å². The fraction of sp³-hybridized carbons (Fsp3) is 0.125. The number of carbonyl (C=O) groups is 2. The van der Waals surface area contributed by atoms with Gasteiger partial charge in [-0.1, -0.05) is 0 Å². The van der Waals surface area contributed by atoms with E-state index in [1.807, 2.05) is 0 Å². The fourth-order valence-corrected chi connectivity index (χ4v) is 2.33. The summed E-state index contributed by atoms with van der Waals surface area (Å²) in [5, 5.41) is 5.26. The lowest BCUT2D eigenvalue weighted by Crippen LogP contribution is -2.13. The largest absolute Gasteiger partial charge is 0.453 e. The quantitative estimate of drug-likeness (QED) is 0.901. The summed E-state index contributed by atoms with van der Waals surface area (Å²) >= 11 is 0. The Bertz CT molecular complexity index is 727. The van der Waals surface area contributed by atoms with E-state index in [-0.39, 0.29) is 5.91 Å². The van der Waals surface area contributed by atoms with Crippen LogP contribution in [0.1, 0.15) is 10.4 Å². The second-order valence-electron chi connectivity index (χ2n) is 4.63. The van der Waals surface area contributed by atoms with Crippen LogP contribution in [0.15, 0.2) is 53.4 Å². The van der Waals surface area contributed by atoms with Crippen LogP contribution in [0.5, 0.6) is 0 Å². The molecule has 2 rings (SSSR count). The van der Waals surface area contributed by atoms with Gasteiger partial charge in [0.2, 0.25) is 0 Å². The van der Waals surface area contributed by atoms with Crippen molar-refractivity contribution < 1.29 is 18.5 Å². The molecule has 0 aliphatic rings. The highest BCUT2D eigenvalue weighted by atomic mass is 32.2. The number of methoxy groups -OCH3 is 1. The Kier molecular flexibility index (Phi) is 5.48. The van der Waals surface area contributed by atoms with Gasteiger partial charge in [0.15, 0.2) is 0 Å². The lowest BCUT2D eigenvalue weighted by molar-refractivity contribution is 0.102. The van der Waals surface area contributed by atoms with E-state index in [1.165, 1.54) is 7.11 Å². The number of amides is 2. The summed E-state index contributed by atoms with van der Waals surface area (Å²) in [5.41, 5.74) is 1.62. The average molecular weight is 332 g/mol. The molecule has 7 heteroatoms. The molecule has 0 aliphatic carbocycles. The molecule has 2 aromatic rings. The van der Waals surface area contributed by atoms with Crippen molar-refractivity contribution in [3.05, 3.63) is 54.1 Å². The summed E-state index contributed by atoms with van der Waals surface area (Å²) in [6.45, 7) is 0. The Hall–Kier alpha value is -2.67. The number of carbonyl (C=O) groups excluding carboxylic acids is 2. The zero-order chi connectivity index (χ0) is 16.8. The van der Waals surface area contributed by atoms with Crippen LogP contribution in [0.2, 0.25) is 0 Å². The van der Waals surface area contributed by atoms with Gasteiger partial charge in [0.05, 0.1) is 7.11 Å². The van der Waals surface area contributed by atoms with Gasteiger partial charge in [-0.15, -0.1) is 0 Å². The van der Waals surface area contributed by atoms with Gasteiger partial charge < -0.3 is 10.1 Å². The Morgan fingerprint density at radius 2 is 1.43 bits per heavy atom. The van der Waals surface area contributed by atoms with E-state index in [0.717, 1.165) is 0 Å². The Labute approximate surface area is 136 Å². The molecule has 2 amide bonds. The third-order valence-electron chi connectivity index (χ3n) is 3.02. The molecule has 6 nitrogen and oxygen atoms in total. The Morgan fingerprint density at radius 1 is 0.913 bits per heavy atom. The van der Waals surface area contributed by atoms with E-state index in [1.54, 1.807) is 54.8 Å². The topological polar surface area (TPSA) is 84.5 Å². The van der Waals surface area contributed by atoms with Crippen LogP contribution in [0, 0.1) is 0 Å². The van der Waals surface area contributed by atoms with Crippen LogP contribution in [-0.4, -0.2) is 29.6 Å².